The summed E-state index contributed by atoms with van der Waals surface area (Å²) in [6, 6.07) is 16.0. The summed E-state index contributed by atoms with van der Waals surface area (Å²) in [7, 11) is 0. The van der Waals surface area contributed by atoms with Crippen molar-refractivity contribution in [3.05, 3.63) is 48.0 Å². The van der Waals surface area contributed by atoms with Gasteiger partial charge in [0, 0.05) is 6.04 Å². The Hall–Kier alpha value is -1.34. The Morgan fingerprint density at radius 2 is 1.70 bits per heavy atom. The van der Waals surface area contributed by atoms with E-state index in [0.29, 0.717) is 11.5 Å². The summed E-state index contributed by atoms with van der Waals surface area (Å²) in [5.41, 5.74) is 1.79. The van der Waals surface area contributed by atoms with Gasteiger partial charge in [0.05, 0.1) is 0 Å². The number of fused-ring (bicyclic) bond motifs is 1. The van der Waals surface area contributed by atoms with Gasteiger partial charge in [0.15, 0.2) is 0 Å². The Balaban J connectivity index is 2.15. The van der Waals surface area contributed by atoms with Crippen LogP contribution in [0, 0.1) is 5.41 Å². The summed E-state index contributed by atoms with van der Waals surface area (Å²) < 4.78 is 0. The molecule has 2 rings (SSSR count). The van der Waals surface area contributed by atoms with E-state index < -0.39 is 0 Å². The SMILES string of the molecule is CCNC(Cc1ccc2ccccc2c1)CC(C)(C)C. The molecule has 0 fully saturated rings. The highest BCUT2D eigenvalue weighted by Crippen LogP contribution is 2.24. The van der Waals surface area contributed by atoms with Crippen LogP contribution in [0.5, 0.6) is 0 Å². The van der Waals surface area contributed by atoms with Crippen molar-refractivity contribution in [1.29, 1.82) is 0 Å². The minimum atomic E-state index is 0.365. The van der Waals surface area contributed by atoms with Crippen LogP contribution in [0.2, 0.25) is 0 Å². The third kappa shape index (κ3) is 4.35. The fourth-order valence-corrected chi connectivity index (χ4v) is 2.89. The van der Waals surface area contributed by atoms with Gasteiger partial charge >= 0.3 is 0 Å². The van der Waals surface area contributed by atoms with Crippen LogP contribution in [0.25, 0.3) is 10.8 Å². The number of hydrogen-bond acceptors (Lipinski definition) is 1. The van der Waals surface area contributed by atoms with Gasteiger partial charge in [0.1, 0.15) is 0 Å². The highest BCUT2D eigenvalue weighted by molar-refractivity contribution is 5.82. The normalized spacial score (nSPS) is 13.6. The summed E-state index contributed by atoms with van der Waals surface area (Å²) in [5, 5.41) is 6.31. The largest absolute Gasteiger partial charge is 0.314 e. The van der Waals surface area contributed by atoms with Crippen molar-refractivity contribution in [2.24, 2.45) is 5.41 Å². The molecule has 1 atom stereocenters. The quantitative estimate of drug-likeness (QED) is 0.822. The van der Waals surface area contributed by atoms with E-state index in [1.165, 1.54) is 22.8 Å². The van der Waals surface area contributed by atoms with E-state index in [0.717, 1.165) is 13.0 Å². The highest BCUT2D eigenvalue weighted by atomic mass is 14.9. The second kappa shape index (κ2) is 6.41. The molecular formula is C19H27N. The third-order valence-electron chi connectivity index (χ3n) is 3.65. The van der Waals surface area contributed by atoms with Gasteiger partial charge in [-0.25, -0.2) is 0 Å². The molecule has 2 aromatic carbocycles. The second-order valence-electron chi connectivity index (χ2n) is 6.91. The predicted octanol–water partition coefficient (Wildman–Crippen LogP) is 4.80. The van der Waals surface area contributed by atoms with Crippen molar-refractivity contribution in [2.45, 2.75) is 46.6 Å². The van der Waals surface area contributed by atoms with Crippen LogP contribution in [0.1, 0.15) is 39.7 Å². The maximum atomic E-state index is 3.64. The van der Waals surface area contributed by atoms with Gasteiger partial charge in [-0.2, -0.15) is 0 Å². The van der Waals surface area contributed by atoms with Crippen LogP contribution in [-0.4, -0.2) is 12.6 Å². The fraction of sp³-hybridized carbons (Fsp3) is 0.474. The van der Waals surface area contributed by atoms with Crippen LogP contribution in [-0.2, 0) is 6.42 Å². The summed E-state index contributed by atoms with van der Waals surface area (Å²) in [6.07, 6.45) is 2.31. The average Bonchev–Trinajstić information content (AvgIpc) is 2.37. The first-order valence-electron chi connectivity index (χ1n) is 7.69. The van der Waals surface area contributed by atoms with E-state index in [1.54, 1.807) is 0 Å². The van der Waals surface area contributed by atoms with E-state index in [2.05, 4.69) is 75.5 Å². The topological polar surface area (TPSA) is 12.0 Å². The summed E-state index contributed by atoms with van der Waals surface area (Å²) in [5.74, 6) is 0. The zero-order chi connectivity index (χ0) is 14.6. The van der Waals surface area contributed by atoms with Crippen molar-refractivity contribution < 1.29 is 0 Å². The second-order valence-corrected chi connectivity index (χ2v) is 6.91. The maximum Gasteiger partial charge on any atom is 0.0112 e. The Kier molecular flexibility index (Phi) is 4.82. The number of rotatable bonds is 5. The monoisotopic (exact) mass is 269 g/mol. The minimum absolute atomic E-state index is 0.365. The highest BCUT2D eigenvalue weighted by Gasteiger charge is 2.18. The van der Waals surface area contributed by atoms with Crippen molar-refractivity contribution in [3.8, 4) is 0 Å². The van der Waals surface area contributed by atoms with Gasteiger partial charge in [0.2, 0.25) is 0 Å². The van der Waals surface area contributed by atoms with Gasteiger partial charge in [-0.3, -0.25) is 0 Å². The predicted molar refractivity (Wildman–Crippen MR) is 89.2 cm³/mol. The van der Waals surface area contributed by atoms with E-state index in [9.17, 15) is 0 Å². The van der Waals surface area contributed by atoms with Crippen LogP contribution in [0.3, 0.4) is 0 Å². The molecule has 20 heavy (non-hydrogen) atoms. The lowest BCUT2D eigenvalue weighted by atomic mass is 9.85. The molecule has 0 aliphatic carbocycles. The fourth-order valence-electron chi connectivity index (χ4n) is 2.89. The molecule has 1 N–H and O–H groups in total. The number of benzene rings is 2. The Morgan fingerprint density at radius 3 is 2.35 bits per heavy atom. The Morgan fingerprint density at radius 1 is 1.00 bits per heavy atom. The summed E-state index contributed by atoms with van der Waals surface area (Å²) >= 11 is 0. The maximum absolute atomic E-state index is 3.64. The lowest BCUT2D eigenvalue weighted by molar-refractivity contribution is 0.309. The van der Waals surface area contributed by atoms with Crippen LogP contribution in [0.15, 0.2) is 42.5 Å². The zero-order valence-corrected chi connectivity index (χ0v) is 13.2. The first kappa shape index (κ1) is 15.1. The van der Waals surface area contributed by atoms with E-state index >= 15 is 0 Å². The van der Waals surface area contributed by atoms with Crippen LogP contribution < -0.4 is 5.32 Å². The van der Waals surface area contributed by atoms with E-state index in [1.807, 2.05) is 0 Å². The molecule has 0 saturated carbocycles. The van der Waals surface area contributed by atoms with Crippen LogP contribution >= 0.6 is 0 Å². The molecule has 0 bridgehead atoms. The van der Waals surface area contributed by atoms with Gasteiger partial charge in [-0.05, 0) is 41.1 Å². The molecule has 0 aromatic heterocycles. The van der Waals surface area contributed by atoms with Gasteiger partial charge in [0.25, 0.3) is 0 Å². The lowest BCUT2D eigenvalue weighted by Gasteiger charge is -2.27. The number of likely N-dealkylation sites (N-methyl/N-ethyl adjacent to an activating group) is 1. The molecule has 1 heteroatoms. The summed E-state index contributed by atoms with van der Waals surface area (Å²) in [6.45, 7) is 10.2. The van der Waals surface area contributed by atoms with Gasteiger partial charge < -0.3 is 5.32 Å². The first-order valence-corrected chi connectivity index (χ1v) is 7.69. The third-order valence-corrected chi connectivity index (χ3v) is 3.65. The van der Waals surface area contributed by atoms with Crippen molar-refractivity contribution in [2.75, 3.05) is 6.54 Å². The standard InChI is InChI=1S/C19H27N/c1-5-20-18(14-19(2,3)4)13-15-10-11-16-8-6-7-9-17(16)12-15/h6-12,18,20H,5,13-14H2,1-4H3. The Labute approximate surface area is 123 Å². The van der Waals surface area contributed by atoms with Crippen molar-refractivity contribution in [1.82, 2.24) is 5.32 Å². The van der Waals surface area contributed by atoms with Crippen molar-refractivity contribution >= 4 is 10.8 Å². The first-order chi connectivity index (χ1) is 9.48. The molecule has 0 radical (unpaired) electrons. The molecule has 108 valence electrons. The van der Waals surface area contributed by atoms with Crippen LogP contribution in [0.4, 0.5) is 0 Å². The number of nitrogens with one attached hydrogen (secondary N) is 1. The van der Waals surface area contributed by atoms with E-state index in [4.69, 9.17) is 0 Å². The molecule has 0 amide bonds. The van der Waals surface area contributed by atoms with Gasteiger partial charge in [-0.15, -0.1) is 0 Å². The molecule has 0 heterocycles. The smallest absolute Gasteiger partial charge is 0.0112 e. The molecule has 2 aromatic rings. The zero-order valence-electron chi connectivity index (χ0n) is 13.2. The van der Waals surface area contributed by atoms with Crippen molar-refractivity contribution in [3.63, 3.8) is 0 Å². The minimum Gasteiger partial charge on any atom is -0.314 e. The number of hydrogen-bond donors (Lipinski definition) is 1. The molecule has 0 aliphatic heterocycles. The average molecular weight is 269 g/mol. The molecule has 0 saturated heterocycles. The summed E-state index contributed by atoms with van der Waals surface area (Å²) in [4.78, 5) is 0. The lowest BCUT2D eigenvalue weighted by Crippen LogP contribution is -2.34. The molecule has 0 spiro atoms. The molecule has 1 nitrogen and oxygen atoms in total. The molecule has 0 aliphatic rings. The molecule has 1 unspecified atom stereocenters. The molecular weight excluding hydrogens is 242 g/mol. The Bertz CT molecular complexity index is 551. The van der Waals surface area contributed by atoms with Gasteiger partial charge in [-0.1, -0.05) is 70.2 Å². The van der Waals surface area contributed by atoms with E-state index in [-0.39, 0.29) is 0 Å².